The number of benzene rings is 1. The standard InChI is InChI=1S/C16H25N3O/c1-13(17)16(20)18-15-8-6-14(7-9-15)12-19-10-4-2-3-5-11-19/h6-9,13H,2-5,10-12,17H2,1H3,(H,18,20)/t13-/m1/s1. The predicted molar refractivity (Wildman–Crippen MR) is 82.5 cm³/mol. The van der Waals surface area contributed by atoms with E-state index in [2.05, 4.69) is 22.3 Å². The monoisotopic (exact) mass is 275 g/mol. The molecule has 0 saturated carbocycles. The van der Waals surface area contributed by atoms with E-state index < -0.39 is 6.04 Å². The number of amides is 1. The Kier molecular flexibility index (Phi) is 5.56. The van der Waals surface area contributed by atoms with Crippen LogP contribution >= 0.6 is 0 Å². The van der Waals surface area contributed by atoms with Crippen LogP contribution in [0.5, 0.6) is 0 Å². The largest absolute Gasteiger partial charge is 0.325 e. The molecule has 1 aliphatic rings. The predicted octanol–water partition coefficient (Wildman–Crippen LogP) is 2.35. The average molecular weight is 275 g/mol. The smallest absolute Gasteiger partial charge is 0.240 e. The topological polar surface area (TPSA) is 58.4 Å². The normalized spacial score (nSPS) is 18.3. The second kappa shape index (κ2) is 7.41. The van der Waals surface area contributed by atoms with Crippen LogP contribution in [0.15, 0.2) is 24.3 Å². The maximum atomic E-state index is 11.5. The Morgan fingerprint density at radius 1 is 1.20 bits per heavy atom. The number of nitrogens with zero attached hydrogens (tertiary/aromatic N) is 1. The molecule has 1 aromatic rings. The first-order chi connectivity index (χ1) is 9.65. The fraction of sp³-hybridized carbons (Fsp3) is 0.562. The van der Waals surface area contributed by atoms with Crippen molar-refractivity contribution >= 4 is 11.6 Å². The zero-order chi connectivity index (χ0) is 14.4. The number of hydrogen-bond donors (Lipinski definition) is 2. The van der Waals surface area contributed by atoms with Gasteiger partial charge < -0.3 is 11.1 Å². The maximum Gasteiger partial charge on any atom is 0.240 e. The number of anilines is 1. The van der Waals surface area contributed by atoms with E-state index in [-0.39, 0.29) is 5.91 Å². The van der Waals surface area contributed by atoms with Gasteiger partial charge in [-0.15, -0.1) is 0 Å². The van der Waals surface area contributed by atoms with Gasteiger partial charge in [-0.2, -0.15) is 0 Å². The van der Waals surface area contributed by atoms with Crippen LogP contribution in [0.4, 0.5) is 5.69 Å². The van der Waals surface area contributed by atoms with E-state index in [9.17, 15) is 4.79 Å². The van der Waals surface area contributed by atoms with Crippen molar-refractivity contribution in [3.63, 3.8) is 0 Å². The summed E-state index contributed by atoms with van der Waals surface area (Å²) in [5.74, 6) is -0.148. The molecule has 0 aromatic heterocycles. The lowest BCUT2D eigenvalue weighted by Crippen LogP contribution is -2.32. The summed E-state index contributed by atoms with van der Waals surface area (Å²) in [6, 6.07) is 7.59. The van der Waals surface area contributed by atoms with E-state index in [4.69, 9.17) is 5.73 Å². The zero-order valence-electron chi connectivity index (χ0n) is 12.3. The van der Waals surface area contributed by atoms with Crippen LogP contribution in [-0.2, 0) is 11.3 Å². The van der Waals surface area contributed by atoms with Gasteiger partial charge in [0, 0.05) is 12.2 Å². The molecular weight excluding hydrogens is 250 g/mol. The van der Waals surface area contributed by atoms with Gasteiger partial charge in [-0.25, -0.2) is 0 Å². The molecule has 1 aromatic carbocycles. The fourth-order valence-electron chi connectivity index (χ4n) is 2.50. The van der Waals surface area contributed by atoms with Gasteiger partial charge in [0.25, 0.3) is 0 Å². The van der Waals surface area contributed by atoms with Gasteiger partial charge in [0.15, 0.2) is 0 Å². The summed E-state index contributed by atoms with van der Waals surface area (Å²) in [7, 11) is 0. The van der Waals surface area contributed by atoms with Gasteiger partial charge in [0.05, 0.1) is 6.04 Å². The summed E-state index contributed by atoms with van der Waals surface area (Å²) < 4.78 is 0. The van der Waals surface area contributed by atoms with Crippen molar-refractivity contribution in [3.05, 3.63) is 29.8 Å². The van der Waals surface area contributed by atoms with E-state index >= 15 is 0 Å². The Bertz CT molecular complexity index is 420. The summed E-state index contributed by atoms with van der Waals surface area (Å²) in [5.41, 5.74) is 7.64. The van der Waals surface area contributed by atoms with E-state index in [1.165, 1.54) is 44.3 Å². The third-order valence-electron chi connectivity index (χ3n) is 3.74. The lowest BCUT2D eigenvalue weighted by molar-refractivity contribution is -0.117. The lowest BCUT2D eigenvalue weighted by atomic mass is 10.2. The highest BCUT2D eigenvalue weighted by Crippen LogP contribution is 2.15. The quantitative estimate of drug-likeness (QED) is 0.887. The van der Waals surface area contributed by atoms with Gasteiger partial charge in [-0.3, -0.25) is 9.69 Å². The van der Waals surface area contributed by atoms with E-state index in [0.717, 1.165) is 12.2 Å². The Morgan fingerprint density at radius 2 is 1.80 bits per heavy atom. The maximum absolute atomic E-state index is 11.5. The molecule has 1 atom stereocenters. The zero-order valence-corrected chi connectivity index (χ0v) is 12.3. The van der Waals surface area contributed by atoms with Crippen LogP contribution in [-0.4, -0.2) is 29.9 Å². The minimum absolute atomic E-state index is 0.148. The van der Waals surface area contributed by atoms with Gasteiger partial charge in [-0.1, -0.05) is 25.0 Å². The second-order valence-corrected chi connectivity index (χ2v) is 5.67. The molecule has 1 amide bonds. The highest BCUT2D eigenvalue weighted by atomic mass is 16.2. The van der Waals surface area contributed by atoms with Crippen LogP contribution in [0.1, 0.15) is 38.2 Å². The van der Waals surface area contributed by atoms with Crippen LogP contribution in [0.2, 0.25) is 0 Å². The first-order valence-electron chi connectivity index (χ1n) is 7.53. The molecule has 3 N–H and O–H groups in total. The second-order valence-electron chi connectivity index (χ2n) is 5.67. The Hall–Kier alpha value is -1.39. The first kappa shape index (κ1) is 15.0. The van der Waals surface area contributed by atoms with E-state index in [1.807, 2.05) is 12.1 Å². The van der Waals surface area contributed by atoms with Gasteiger partial charge in [0.1, 0.15) is 0 Å². The number of carbonyl (C=O) groups is 1. The van der Waals surface area contributed by atoms with Crippen molar-refractivity contribution in [2.24, 2.45) is 5.73 Å². The number of nitrogens with two attached hydrogens (primary N) is 1. The third-order valence-corrected chi connectivity index (χ3v) is 3.74. The van der Waals surface area contributed by atoms with Crippen molar-refractivity contribution < 1.29 is 4.79 Å². The average Bonchev–Trinajstić information content (AvgIpc) is 2.69. The molecule has 0 unspecified atom stereocenters. The Morgan fingerprint density at radius 3 is 2.35 bits per heavy atom. The van der Waals surface area contributed by atoms with Crippen molar-refractivity contribution in [2.45, 2.75) is 45.2 Å². The summed E-state index contributed by atoms with van der Waals surface area (Å²) in [6.07, 6.45) is 5.34. The number of carbonyl (C=O) groups excluding carboxylic acids is 1. The minimum atomic E-state index is -0.480. The van der Waals surface area contributed by atoms with E-state index in [0.29, 0.717) is 0 Å². The summed E-state index contributed by atoms with van der Waals surface area (Å²) in [6.45, 7) is 5.08. The van der Waals surface area contributed by atoms with E-state index in [1.54, 1.807) is 6.92 Å². The van der Waals surface area contributed by atoms with Crippen molar-refractivity contribution in [3.8, 4) is 0 Å². The third kappa shape index (κ3) is 4.62. The molecule has 1 saturated heterocycles. The molecule has 1 fully saturated rings. The Labute approximate surface area is 121 Å². The van der Waals surface area contributed by atoms with Crippen LogP contribution in [0.3, 0.4) is 0 Å². The highest BCUT2D eigenvalue weighted by molar-refractivity contribution is 5.94. The van der Waals surface area contributed by atoms with Crippen molar-refractivity contribution in [1.82, 2.24) is 4.90 Å². The van der Waals surface area contributed by atoms with Crippen LogP contribution in [0.25, 0.3) is 0 Å². The molecule has 0 radical (unpaired) electrons. The van der Waals surface area contributed by atoms with Crippen molar-refractivity contribution in [2.75, 3.05) is 18.4 Å². The molecule has 110 valence electrons. The summed E-state index contributed by atoms with van der Waals surface area (Å²) in [5, 5.41) is 2.80. The molecular formula is C16H25N3O. The molecule has 1 aliphatic heterocycles. The lowest BCUT2D eigenvalue weighted by Gasteiger charge is -2.19. The molecule has 0 aliphatic carbocycles. The molecule has 0 bridgehead atoms. The van der Waals surface area contributed by atoms with Gasteiger partial charge in [0.2, 0.25) is 5.91 Å². The first-order valence-corrected chi connectivity index (χ1v) is 7.53. The highest BCUT2D eigenvalue weighted by Gasteiger charge is 2.10. The van der Waals surface area contributed by atoms with Crippen LogP contribution in [0, 0.1) is 0 Å². The minimum Gasteiger partial charge on any atom is -0.325 e. The number of hydrogen-bond acceptors (Lipinski definition) is 3. The fourth-order valence-corrected chi connectivity index (χ4v) is 2.50. The number of likely N-dealkylation sites (tertiary alicyclic amines) is 1. The molecule has 4 heteroatoms. The SMILES string of the molecule is C[C@@H](N)C(=O)Nc1ccc(CN2CCCCCC2)cc1. The van der Waals surface area contributed by atoms with Gasteiger partial charge in [-0.05, 0) is 50.6 Å². The molecule has 1 heterocycles. The molecule has 20 heavy (non-hydrogen) atoms. The summed E-state index contributed by atoms with van der Waals surface area (Å²) in [4.78, 5) is 14.0. The number of rotatable bonds is 4. The summed E-state index contributed by atoms with van der Waals surface area (Å²) >= 11 is 0. The molecule has 4 nitrogen and oxygen atoms in total. The van der Waals surface area contributed by atoms with Gasteiger partial charge >= 0.3 is 0 Å². The molecule has 0 spiro atoms. The van der Waals surface area contributed by atoms with Crippen molar-refractivity contribution in [1.29, 1.82) is 0 Å². The molecule has 2 rings (SSSR count). The number of nitrogens with one attached hydrogen (secondary N) is 1. The Balaban J connectivity index is 1.89. The van der Waals surface area contributed by atoms with Crippen LogP contribution < -0.4 is 11.1 Å².